The third-order valence-corrected chi connectivity index (χ3v) is 3.70. The highest BCUT2D eigenvalue weighted by Crippen LogP contribution is 2.10. The molecule has 0 aromatic heterocycles. The Bertz CT molecular complexity index is 299. The van der Waals surface area contributed by atoms with E-state index in [0.717, 1.165) is 51.4 Å². The van der Waals surface area contributed by atoms with Crippen LogP contribution in [0, 0.1) is 0 Å². The molecule has 0 N–H and O–H groups in total. The first-order valence-corrected chi connectivity index (χ1v) is 9.25. The first-order valence-electron chi connectivity index (χ1n) is 9.25. The second kappa shape index (κ2) is 15.1. The van der Waals surface area contributed by atoms with Crippen molar-refractivity contribution in [2.75, 3.05) is 0 Å². The molecule has 0 radical (unpaired) electrons. The summed E-state index contributed by atoms with van der Waals surface area (Å²) in [7, 11) is 0. The average molecular weight is 346 g/mol. The monoisotopic (exact) mass is 346 g/mol. The Morgan fingerprint density at radius 1 is 0.667 bits per heavy atom. The van der Waals surface area contributed by atoms with Gasteiger partial charge in [-0.25, -0.2) is 0 Å². The maximum atomic E-state index is 11.4. The van der Waals surface area contributed by atoms with Crippen LogP contribution in [0.2, 0.25) is 0 Å². The fourth-order valence-corrected chi connectivity index (χ4v) is 2.27. The van der Waals surface area contributed by atoms with Crippen molar-refractivity contribution in [3.63, 3.8) is 0 Å². The van der Waals surface area contributed by atoms with Crippen molar-refractivity contribution in [2.24, 2.45) is 0 Å². The van der Waals surface area contributed by atoms with Crippen molar-refractivity contribution >= 4 is 12.3 Å². The van der Waals surface area contributed by atoms with Gasteiger partial charge in [0, 0.05) is 0 Å². The molecule has 0 saturated heterocycles. The molecular formula is C18H34O6. The molecule has 24 heavy (non-hydrogen) atoms. The molecule has 0 rings (SSSR count). The summed E-state index contributed by atoms with van der Waals surface area (Å²) in [6.07, 6.45) is 7.77. The maximum absolute atomic E-state index is 11.4. The Morgan fingerprint density at radius 3 is 1.38 bits per heavy atom. The summed E-state index contributed by atoms with van der Waals surface area (Å²) in [5.74, 6) is 0. The molecule has 2 unspecified atom stereocenters. The maximum Gasteiger partial charge on any atom is 0.550 e. The molecule has 6 heteroatoms. The number of hydrogen-bond acceptors (Lipinski definition) is 6. The summed E-state index contributed by atoms with van der Waals surface area (Å²) in [6, 6.07) is 0. The normalized spacial score (nSPS) is 13.0. The molecule has 2 atom stereocenters. The van der Waals surface area contributed by atoms with Gasteiger partial charge in [0.1, 0.15) is 12.2 Å². The molecule has 0 aromatic rings. The number of unbranched alkanes of at least 4 members (excludes halogenated alkanes) is 6. The quantitative estimate of drug-likeness (QED) is 0.189. The molecule has 6 nitrogen and oxygen atoms in total. The first-order chi connectivity index (χ1) is 11.5. The molecule has 0 aliphatic heterocycles. The zero-order valence-electron chi connectivity index (χ0n) is 15.7. The Balaban J connectivity index is 3.71. The zero-order valence-corrected chi connectivity index (χ0v) is 15.7. The number of hydrogen-bond donors (Lipinski definition) is 0. The number of carbonyl (C=O) groups excluding carboxylic acids is 2. The van der Waals surface area contributed by atoms with E-state index in [-0.39, 0.29) is 12.2 Å². The molecule has 0 aliphatic carbocycles. The predicted octanol–water partition coefficient (Wildman–Crippen LogP) is 5.93. The largest absolute Gasteiger partial charge is 0.550 e. The summed E-state index contributed by atoms with van der Waals surface area (Å²) in [6.45, 7) is 7.84. The van der Waals surface area contributed by atoms with Crippen LogP contribution in [0.15, 0.2) is 0 Å². The molecular weight excluding hydrogens is 312 g/mol. The summed E-state index contributed by atoms with van der Waals surface area (Å²) in [5.41, 5.74) is 0. The van der Waals surface area contributed by atoms with E-state index in [0.29, 0.717) is 0 Å². The molecule has 0 bridgehead atoms. The molecule has 0 aromatic carbocycles. The van der Waals surface area contributed by atoms with E-state index < -0.39 is 12.3 Å². The van der Waals surface area contributed by atoms with Crippen LogP contribution in [0.3, 0.4) is 0 Å². The lowest BCUT2D eigenvalue weighted by atomic mass is 10.1. The van der Waals surface area contributed by atoms with Gasteiger partial charge >= 0.3 is 12.3 Å². The van der Waals surface area contributed by atoms with Gasteiger partial charge in [-0.1, -0.05) is 52.4 Å². The van der Waals surface area contributed by atoms with E-state index in [1.165, 1.54) is 12.8 Å². The van der Waals surface area contributed by atoms with Crippen LogP contribution >= 0.6 is 0 Å². The Kier molecular flexibility index (Phi) is 14.2. The Hall–Kier alpha value is -1.46. The van der Waals surface area contributed by atoms with E-state index in [1.807, 2.05) is 0 Å². The lowest BCUT2D eigenvalue weighted by Crippen LogP contribution is -2.21. The summed E-state index contributed by atoms with van der Waals surface area (Å²) in [5, 5.41) is 0. The van der Waals surface area contributed by atoms with Gasteiger partial charge in [0.05, 0.1) is 0 Å². The Morgan fingerprint density at radius 2 is 1.04 bits per heavy atom. The topological polar surface area (TPSA) is 71.1 Å². The van der Waals surface area contributed by atoms with Gasteiger partial charge in [-0.05, 0) is 39.5 Å². The molecule has 0 heterocycles. The van der Waals surface area contributed by atoms with E-state index in [9.17, 15) is 9.59 Å². The van der Waals surface area contributed by atoms with E-state index in [1.54, 1.807) is 13.8 Å². The van der Waals surface area contributed by atoms with Crippen molar-refractivity contribution in [1.82, 2.24) is 0 Å². The highest BCUT2D eigenvalue weighted by atomic mass is 17.3. The zero-order chi connectivity index (χ0) is 18.2. The second-order valence-electron chi connectivity index (χ2n) is 6.22. The van der Waals surface area contributed by atoms with Crippen molar-refractivity contribution < 1.29 is 28.8 Å². The molecule has 0 aliphatic rings. The minimum atomic E-state index is -1.02. The van der Waals surface area contributed by atoms with Crippen LogP contribution in [0.1, 0.15) is 91.9 Å². The standard InChI is InChI=1S/C18H34O6/c1-5-7-9-11-13-15(3)21-17(19)23-24-18(20)22-16(4)14-12-10-8-6-2/h15-16H,5-14H2,1-4H3. The van der Waals surface area contributed by atoms with Crippen LogP contribution in [0.4, 0.5) is 9.59 Å². The van der Waals surface area contributed by atoms with Crippen molar-refractivity contribution in [2.45, 2.75) is 104 Å². The Labute approximate surface area is 146 Å². The third kappa shape index (κ3) is 14.2. The van der Waals surface area contributed by atoms with Gasteiger partial charge in [0.25, 0.3) is 0 Å². The van der Waals surface area contributed by atoms with Gasteiger partial charge in [-0.2, -0.15) is 19.4 Å². The highest BCUT2D eigenvalue weighted by molar-refractivity contribution is 5.63. The average Bonchev–Trinajstić information content (AvgIpc) is 2.54. The summed E-state index contributed by atoms with van der Waals surface area (Å²) in [4.78, 5) is 31.4. The van der Waals surface area contributed by atoms with Gasteiger partial charge in [-0.3, -0.25) is 0 Å². The van der Waals surface area contributed by atoms with Gasteiger partial charge in [0.15, 0.2) is 0 Å². The van der Waals surface area contributed by atoms with E-state index in [4.69, 9.17) is 9.47 Å². The van der Waals surface area contributed by atoms with E-state index in [2.05, 4.69) is 23.6 Å². The first kappa shape index (κ1) is 22.5. The lowest BCUT2D eigenvalue weighted by molar-refractivity contribution is -0.224. The van der Waals surface area contributed by atoms with Gasteiger partial charge in [-0.15, -0.1) is 0 Å². The van der Waals surface area contributed by atoms with Crippen LogP contribution < -0.4 is 0 Å². The lowest BCUT2D eigenvalue weighted by Gasteiger charge is -2.13. The van der Waals surface area contributed by atoms with Crippen molar-refractivity contribution in [3.05, 3.63) is 0 Å². The molecule has 142 valence electrons. The van der Waals surface area contributed by atoms with Gasteiger partial charge in [0.2, 0.25) is 0 Å². The smallest absolute Gasteiger partial charge is 0.429 e. The van der Waals surface area contributed by atoms with E-state index >= 15 is 0 Å². The minimum Gasteiger partial charge on any atom is -0.429 e. The van der Waals surface area contributed by atoms with Crippen LogP contribution in [-0.4, -0.2) is 24.5 Å². The van der Waals surface area contributed by atoms with Crippen LogP contribution in [-0.2, 0) is 19.2 Å². The van der Waals surface area contributed by atoms with Crippen molar-refractivity contribution in [3.8, 4) is 0 Å². The molecule has 0 amide bonds. The molecule has 0 fully saturated rings. The number of carbonyl (C=O) groups is 2. The van der Waals surface area contributed by atoms with Gasteiger partial charge < -0.3 is 9.47 Å². The fourth-order valence-electron chi connectivity index (χ4n) is 2.27. The summed E-state index contributed by atoms with van der Waals surface area (Å²) >= 11 is 0. The highest BCUT2D eigenvalue weighted by Gasteiger charge is 2.17. The fraction of sp³-hybridized carbons (Fsp3) is 0.889. The van der Waals surface area contributed by atoms with Crippen molar-refractivity contribution in [1.29, 1.82) is 0 Å². The predicted molar refractivity (Wildman–Crippen MR) is 91.6 cm³/mol. The minimum absolute atomic E-state index is 0.272. The van der Waals surface area contributed by atoms with Crippen LogP contribution in [0.5, 0.6) is 0 Å². The molecule has 0 spiro atoms. The third-order valence-electron chi connectivity index (χ3n) is 3.70. The SMILES string of the molecule is CCCCCCC(C)OC(=O)OOC(=O)OC(C)CCCCCC. The van der Waals surface area contributed by atoms with Crippen LogP contribution in [0.25, 0.3) is 0 Å². The summed E-state index contributed by atoms with van der Waals surface area (Å²) < 4.78 is 9.97. The second-order valence-corrected chi connectivity index (χ2v) is 6.22. The molecule has 0 saturated carbocycles. The number of rotatable bonds is 12. The number of ether oxygens (including phenoxy) is 2.